The van der Waals surface area contributed by atoms with Gasteiger partial charge in [0.2, 0.25) is 0 Å². The van der Waals surface area contributed by atoms with Gasteiger partial charge in [0.25, 0.3) is 0 Å². The first-order valence-electron chi connectivity index (χ1n) is 2.90. The van der Waals surface area contributed by atoms with Crippen molar-refractivity contribution in [3.63, 3.8) is 0 Å². The van der Waals surface area contributed by atoms with Crippen molar-refractivity contribution in [3.8, 4) is 0 Å². The highest BCUT2D eigenvalue weighted by Crippen LogP contribution is 2.31. The van der Waals surface area contributed by atoms with Crippen LogP contribution in [0.3, 0.4) is 0 Å². The Kier molecular flexibility index (Phi) is 2.14. The third-order valence-electron chi connectivity index (χ3n) is 1.14. The van der Waals surface area contributed by atoms with Crippen molar-refractivity contribution in [2.75, 3.05) is 5.73 Å². The van der Waals surface area contributed by atoms with Crippen LogP contribution in [0.1, 0.15) is 5.56 Å². The van der Waals surface area contributed by atoms with E-state index in [4.69, 9.17) is 17.3 Å². The largest absolute Gasteiger partial charge is 0.416 e. The molecule has 2 nitrogen and oxygen atoms in total. The predicted octanol–water partition coefficient (Wildman–Crippen LogP) is 2.34. The maximum absolute atomic E-state index is 12.0. The second kappa shape index (κ2) is 2.82. The van der Waals surface area contributed by atoms with Crippen LogP contribution < -0.4 is 5.73 Å². The third-order valence-corrected chi connectivity index (χ3v) is 1.33. The van der Waals surface area contributed by atoms with Gasteiger partial charge in [-0.3, -0.25) is 0 Å². The van der Waals surface area contributed by atoms with Crippen LogP contribution in [0.25, 0.3) is 0 Å². The van der Waals surface area contributed by atoms with E-state index >= 15 is 0 Å². The van der Waals surface area contributed by atoms with Crippen LogP contribution in [-0.4, -0.2) is 4.98 Å². The monoisotopic (exact) mass is 196 g/mol. The van der Waals surface area contributed by atoms with Crippen LogP contribution in [0, 0.1) is 0 Å². The molecule has 0 aliphatic carbocycles. The van der Waals surface area contributed by atoms with Crippen molar-refractivity contribution < 1.29 is 13.2 Å². The number of hydrogen-bond donors (Lipinski definition) is 1. The van der Waals surface area contributed by atoms with E-state index in [0.29, 0.717) is 0 Å². The van der Waals surface area contributed by atoms with Crippen LogP contribution >= 0.6 is 11.6 Å². The van der Waals surface area contributed by atoms with Gasteiger partial charge < -0.3 is 5.73 Å². The van der Waals surface area contributed by atoms with Crippen LogP contribution in [0.5, 0.6) is 0 Å². The molecule has 12 heavy (non-hydrogen) atoms. The second-order valence-electron chi connectivity index (χ2n) is 2.10. The third kappa shape index (κ3) is 2.01. The molecule has 6 heteroatoms. The summed E-state index contributed by atoms with van der Waals surface area (Å²) in [6.07, 6.45) is -4.43. The number of aromatic nitrogens is 1. The number of halogens is 4. The Balaban J connectivity index is 3.18. The smallest absolute Gasteiger partial charge is 0.384 e. The molecule has 0 saturated carbocycles. The van der Waals surface area contributed by atoms with Crippen LogP contribution in [0.15, 0.2) is 12.1 Å². The number of alkyl halides is 3. The molecular formula is C6H4ClF3N2. The lowest BCUT2D eigenvalue weighted by Gasteiger charge is -2.06. The molecule has 0 aliphatic heterocycles. The molecule has 0 fully saturated rings. The van der Waals surface area contributed by atoms with E-state index in [1.807, 2.05) is 0 Å². The maximum Gasteiger partial charge on any atom is 0.416 e. The van der Waals surface area contributed by atoms with E-state index in [0.717, 1.165) is 12.1 Å². The van der Waals surface area contributed by atoms with Gasteiger partial charge >= 0.3 is 6.18 Å². The van der Waals surface area contributed by atoms with E-state index in [9.17, 15) is 13.2 Å². The fourth-order valence-electron chi connectivity index (χ4n) is 0.681. The summed E-state index contributed by atoms with van der Waals surface area (Å²) in [7, 11) is 0. The fourth-order valence-corrected chi connectivity index (χ4v) is 0.896. The first kappa shape index (κ1) is 9.12. The Bertz CT molecular complexity index is 277. The minimum atomic E-state index is -4.43. The highest BCUT2D eigenvalue weighted by molar-refractivity contribution is 6.29. The van der Waals surface area contributed by atoms with Crippen molar-refractivity contribution in [1.29, 1.82) is 0 Å². The maximum atomic E-state index is 12.0. The summed E-state index contributed by atoms with van der Waals surface area (Å²) in [5.41, 5.74) is 4.17. The normalized spacial score (nSPS) is 11.7. The quantitative estimate of drug-likeness (QED) is 0.647. The summed E-state index contributed by atoms with van der Waals surface area (Å²) in [4.78, 5) is 3.39. The van der Waals surface area contributed by atoms with E-state index in [2.05, 4.69) is 4.98 Å². The first-order chi connectivity index (χ1) is 5.39. The van der Waals surface area contributed by atoms with Gasteiger partial charge in [0.1, 0.15) is 11.0 Å². The van der Waals surface area contributed by atoms with Gasteiger partial charge in [0.15, 0.2) is 0 Å². The Morgan fingerprint density at radius 1 is 1.33 bits per heavy atom. The number of pyridine rings is 1. The summed E-state index contributed by atoms with van der Waals surface area (Å²) in [6, 6.07) is 1.45. The Morgan fingerprint density at radius 2 is 1.92 bits per heavy atom. The number of hydrogen-bond acceptors (Lipinski definition) is 2. The van der Waals surface area contributed by atoms with Crippen LogP contribution in [-0.2, 0) is 6.18 Å². The van der Waals surface area contributed by atoms with Gasteiger partial charge in [0.05, 0.1) is 5.56 Å². The number of nitrogen functional groups attached to an aromatic ring is 1. The number of nitrogens with two attached hydrogens (primary N) is 1. The summed E-state index contributed by atoms with van der Waals surface area (Å²) in [5.74, 6) is -0.241. The first-order valence-corrected chi connectivity index (χ1v) is 3.27. The Labute approximate surface area is 71.2 Å². The lowest BCUT2D eigenvalue weighted by Crippen LogP contribution is -2.06. The summed E-state index contributed by atoms with van der Waals surface area (Å²) in [5, 5.41) is -0.262. The Hall–Kier alpha value is -0.970. The Morgan fingerprint density at radius 3 is 2.33 bits per heavy atom. The molecule has 1 aromatic heterocycles. The van der Waals surface area contributed by atoms with Crippen LogP contribution in [0.2, 0.25) is 5.15 Å². The topological polar surface area (TPSA) is 38.9 Å². The number of rotatable bonds is 0. The molecule has 0 aliphatic rings. The minimum Gasteiger partial charge on any atom is -0.384 e. The molecular weight excluding hydrogens is 193 g/mol. The van der Waals surface area contributed by atoms with E-state index in [-0.39, 0.29) is 11.0 Å². The van der Waals surface area contributed by atoms with Crippen LogP contribution in [0.4, 0.5) is 19.0 Å². The van der Waals surface area contributed by atoms with E-state index in [1.54, 1.807) is 0 Å². The molecule has 0 saturated heterocycles. The summed E-state index contributed by atoms with van der Waals surface area (Å²) in [6.45, 7) is 0. The zero-order chi connectivity index (χ0) is 9.35. The molecule has 0 atom stereocenters. The SMILES string of the molecule is Nc1cc(C(F)(F)F)cc(Cl)n1. The molecule has 1 rings (SSSR count). The molecule has 0 bridgehead atoms. The molecule has 1 aromatic rings. The number of anilines is 1. The lowest BCUT2D eigenvalue weighted by atomic mass is 10.2. The molecule has 0 radical (unpaired) electrons. The zero-order valence-corrected chi connectivity index (χ0v) is 6.45. The molecule has 0 amide bonds. The van der Waals surface area contributed by atoms with Gasteiger partial charge in [-0.2, -0.15) is 13.2 Å². The highest BCUT2D eigenvalue weighted by Gasteiger charge is 2.31. The zero-order valence-electron chi connectivity index (χ0n) is 5.69. The number of nitrogens with zero attached hydrogens (tertiary/aromatic N) is 1. The van der Waals surface area contributed by atoms with E-state index in [1.165, 1.54) is 0 Å². The molecule has 1 heterocycles. The summed E-state index contributed by atoms with van der Waals surface area (Å²) < 4.78 is 36.0. The minimum absolute atomic E-state index is 0.241. The van der Waals surface area contributed by atoms with Gasteiger partial charge in [-0.1, -0.05) is 11.6 Å². The van der Waals surface area contributed by atoms with Gasteiger partial charge in [-0.25, -0.2) is 4.98 Å². The molecule has 0 aromatic carbocycles. The molecule has 2 N–H and O–H groups in total. The molecule has 0 spiro atoms. The average molecular weight is 197 g/mol. The fraction of sp³-hybridized carbons (Fsp3) is 0.167. The standard InChI is InChI=1S/C6H4ClF3N2/c7-4-1-3(6(8,9)10)2-5(11)12-4/h1-2H,(H2,11,12). The van der Waals surface area contributed by atoms with Crippen molar-refractivity contribution in [2.24, 2.45) is 0 Å². The van der Waals surface area contributed by atoms with Gasteiger partial charge in [-0.15, -0.1) is 0 Å². The van der Waals surface area contributed by atoms with Crippen molar-refractivity contribution in [1.82, 2.24) is 4.98 Å². The highest BCUT2D eigenvalue weighted by atomic mass is 35.5. The average Bonchev–Trinajstić information content (AvgIpc) is 1.82. The van der Waals surface area contributed by atoms with Crippen molar-refractivity contribution in [2.45, 2.75) is 6.18 Å². The van der Waals surface area contributed by atoms with Gasteiger partial charge in [-0.05, 0) is 12.1 Å². The molecule has 0 unspecified atom stereocenters. The van der Waals surface area contributed by atoms with Crippen molar-refractivity contribution in [3.05, 3.63) is 22.8 Å². The molecule has 66 valence electrons. The lowest BCUT2D eigenvalue weighted by molar-refractivity contribution is -0.137. The van der Waals surface area contributed by atoms with Gasteiger partial charge in [0, 0.05) is 0 Å². The second-order valence-corrected chi connectivity index (χ2v) is 2.49. The van der Waals surface area contributed by atoms with Crippen molar-refractivity contribution >= 4 is 17.4 Å². The predicted molar refractivity (Wildman–Crippen MR) is 38.7 cm³/mol. The van der Waals surface area contributed by atoms with E-state index < -0.39 is 11.7 Å². The summed E-state index contributed by atoms with van der Waals surface area (Å²) >= 11 is 5.27.